The lowest BCUT2D eigenvalue weighted by Crippen LogP contribution is -2.39. The number of hydrogen-bond acceptors (Lipinski definition) is 2. The van der Waals surface area contributed by atoms with E-state index < -0.39 is 5.97 Å². The van der Waals surface area contributed by atoms with Crippen molar-refractivity contribution in [3.63, 3.8) is 0 Å². The van der Waals surface area contributed by atoms with Crippen LogP contribution in [-0.4, -0.2) is 23.5 Å². The number of hydrogen-bond donors (Lipinski definition) is 2. The van der Waals surface area contributed by atoms with Crippen LogP contribution in [0.3, 0.4) is 0 Å². The van der Waals surface area contributed by atoms with E-state index in [-0.39, 0.29) is 17.7 Å². The van der Waals surface area contributed by atoms with Crippen molar-refractivity contribution in [1.82, 2.24) is 5.32 Å². The Morgan fingerprint density at radius 1 is 1.11 bits per heavy atom. The predicted octanol–water partition coefficient (Wildman–Crippen LogP) is 2.72. The summed E-state index contributed by atoms with van der Waals surface area (Å²) in [4.78, 5) is 22.5. The molecule has 1 aliphatic carbocycles. The van der Waals surface area contributed by atoms with Crippen molar-refractivity contribution in [3.05, 3.63) is 0 Å². The minimum atomic E-state index is -0.767. The molecular formula is C14H25NO3. The van der Waals surface area contributed by atoms with Crippen LogP contribution in [0.4, 0.5) is 0 Å². The van der Waals surface area contributed by atoms with Crippen LogP contribution in [0.5, 0.6) is 0 Å². The van der Waals surface area contributed by atoms with Crippen molar-refractivity contribution in [2.75, 3.05) is 6.54 Å². The fourth-order valence-electron chi connectivity index (χ4n) is 2.55. The van der Waals surface area contributed by atoms with Gasteiger partial charge in [-0.15, -0.1) is 0 Å². The fraction of sp³-hybridized carbons (Fsp3) is 0.857. The van der Waals surface area contributed by atoms with Crippen molar-refractivity contribution in [2.45, 2.75) is 64.7 Å². The quantitative estimate of drug-likeness (QED) is 0.566. The number of aliphatic carboxylic acids is 1. The first-order valence-corrected chi connectivity index (χ1v) is 7.05. The summed E-state index contributed by atoms with van der Waals surface area (Å²) in [5, 5.41) is 11.5. The number of carboxylic acids is 1. The first-order chi connectivity index (χ1) is 8.54. The van der Waals surface area contributed by atoms with E-state index >= 15 is 0 Å². The Balaban J connectivity index is 2.24. The number of carbonyl (C=O) groups is 2. The average Bonchev–Trinajstić information content (AvgIpc) is 2.54. The number of carboxylic acid groups (broad SMARTS) is 1. The standard InChI is InChI=1S/C14H25NO3/c1-14(9-5-2-3-6-10-14)13(18)15-11-7-4-8-12(16)17/h2-11H2,1H3,(H,15,18)(H,16,17). The Kier molecular flexibility index (Phi) is 6.16. The Bertz CT molecular complexity index is 281. The molecule has 0 unspecified atom stereocenters. The van der Waals surface area contributed by atoms with Gasteiger partial charge in [0.05, 0.1) is 0 Å². The van der Waals surface area contributed by atoms with Crippen LogP contribution in [0.15, 0.2) is 0 Å². The minimum absolute atomic E-state index is 0.153. The number of nitrogens with one attached hydrogen (secondary N) is 1. The monoisotopic (exact) mass is 255 g/mol. The smallest absolute Gasteiger partial charge is 0.303 e. The summed E-state index contributed by atoms with van der Waals surface area (Å²) in [6.07, 6.45) is 8.28. The highest BCUT2D eigenvalue weighted by molar-refractivity contribution is 5.82. The molecule has 2 N–H and O–H groups in total. The van der Waals surface area contributed by atoms with Gasteiger partial charge in [-0.2, -0.15) is 0 Å². The van der Waals surface area contributed by atoms with E-state index in [9.17, 15) is 9.59 Å². The molecule has 0 bridgehead atoms. The van der Waals surface area contributed by atoms with Gasteiger partial charge in [-0.3, -0.25) is 9.59 Å². The Morgan fingerprint density at radius 2 is 1.72 bits per heavy atom. The molecule has 0 radical (unpaired) electrons. The third-order valence-corrected chi connectivity index (χ3v) is 3.86. The van der Waals surface area contributed by atoms with E-state index in [4.69, 9.17) is 5.11 Å². The van der Waals surface area contributed by atoms with Gasteiger partial charge >= 0.3 is 5.97 Å². The average molecular weight is 255 g/mol. The van der Waals surface area contributed by atoms with Gasteiger partial charge in [0.25, 0.3) is 0 Å². The van der Waals surface area contributed by atoms with Crippen LogP contribution < -0.4 is 5.32 Å². The van der Waals surface area contributed by atoms with Crippen LogP contribution >= 0.6 is 0 Å². The topological polar surface area (TPSA) is 66.4 Å². The summed E-state index contributed by atoms with van der Waals surface area (Å²) in [7, 11) is 0. The molecule has 0 aromatic rings. The molecule has 4 nitrogen and oxygen atoms in total. The lowest BCUT2D eigenvalue weighted by atomic mass is 9.81. The fourth-order valence-corrected chi connectivity index (χ4v) is 2.55. The molecule has 0 saturated heterocycles. The van der Waals surface area contributed by atoms with Crippen molar-refractivity contribution >= 4 is 11.9 Å². The number of rotatable bonds is 6. The second-order valence-corrected chi connectivity index (χ2v) is 5.58. The van der Waals surface area contributed by atoms with Gasteiger partial charge in [-0.25, -0.2) is 0 Å². The zero-order chi connectivity index (χ0) is 13.4. The van der Waals surface area contributed by atoms with E-state index in [2.05, 4.69) is 12.2 Å². The number of amides is 1. The zero-order valence-corrected chi connectivity index (χ0v) is 11.3. The van der Waals surface area contributed by atoms with Crippen molar-refractivity contribution < 1.29 is 14.7 Å². The lowest BCUT2D eigenvalue weighted by molar-refractivity contribution is -0.137. The van der Waals surface area contributed by atoms with Crippen LogP contribution in [0.25, 0.3) is 0 Å². The summed E-state index contributed by atoms with van der Waals surface area (Å²) in [5.41, 5.74) is -0.205. The molecule has 0 aliphatic heterocycles. The highest BCUT2D eigenvalue weighted by Crippen LogP contribution is 2.34. The Morgan fingerprint density at radius 3 is 2.28 bits per heavy atom. The molecule has 0 spiro atoms. The second kappa shape index (κ2) is 7.39. The first-order valence-electron chi connectivity index (χ1n) is 7.05. The van der Waals surface area contributed by atoms with Gasteiger partial charge in [0.2, 0.25) is 5.91 Å². The maximum absolute atomic E-state index is 12.1. The van der Waals surface area contributed by atoms with Gasteiger partial charge in [-0.05, 0) is 25.7 Å². The van der Waals surface area contributed by atoms with Crippen LogP contribution in [0.2, 0.25) is 0 Å². The first kappa shape index (κ1) is 15.0. The number of unbranched alkanes of at least 4 members (excludes halogenated alkanes) is 1. The summed E-state index contributed by atoms with van der Waals surface area (Å²) < 4.78 is 0. The van der Waals surface area contributed by atoms with Crippen LogP contribution in [0.1, 0.15) is 64.7 Å². The van der Waals surface area contributed by atoms with E-state index in [1.807, 2.05) is 0 Å². The zero-order valence-electron chi connectivity index (χ0n) is 11.3. The molecule has 104 valence electrons. The van der Waals surface area contributed by atoms with E-state index in [1.54, 1.807) is 0 Å². The largest absolute Gasteiger partial charge is 0.481 e. The third kappa shape index (κ3) is 5.07. The molecule has 0 heterocycles. The summed E-state index contributed by atoms with van der Waals surface area (Å²) >= 11 is 0. The Hall–Kier alpha value is -1.06. The van der Waals surface area contributed by atoms with Crippen LogP contribution in [-0.2, 0) is 9.59 Å². The maximum Gasteiger partial charge on any atom is 0.303 e. The van der Waals surface area contributed by atoms with Gasteiger partial charge in [0, 0.05) is 18.4 Å². The molecule has 18 heavy (non-hydrogen) atoms. The van der Waals surface area contributed by atoms with E-state index in [0.717, 1.165) is 32.1 Å². The molecule has 0 atom stereocenters. The van der Waals surface area contributed by atoms with E-state index in [0.29, 0.717) is 13.0 Å². The normalized spacial score (nSPS) is 18.9. The summed E-state index contributed by atoms with van der Waals surface area (Å²) in [6, 6.07) is 0. The van der Waals surface area contributed by atoms with Crippen molar-refractivity contribution in [2.24, 2.45) is 5.41 Å². The molecule has 1 aliphatic rings. The minimum Gasteiger partial charge on any atom is -0.481 e. The molecule has 1 saturated carbocycles. The molecular weight excluding hydrogens is 230 g/mol. The second-order valence-electron chi connectivity index (χ2n) is 5.58. The van der Waals surface area contributed by atoms with E-state index in [1.165, 1.54) is 12.8 Å². The van der Waals surface area contributed by atoms with Gasteiger partial charge in [-0.1, -0.05) is 32.6 Å². The number of carbonyl (C=O) groups excluding carboxylic acids is 1. The predicted molar refractivity (Wildman–Crippen MR) is 70.3 cm³/mol. The maximum atomic E-state index is 12.1. The summed E-state index contributed by atoms with van der Waals surface area (Å²) in [6.45, 7) is 2.66. The highest BCUT2D eigenvalue weighted by Gasteiger charge is 2.32. The summed E-state index contributed by atoms with van der Waals surface area (Å²) in [5.74, 6) is -0.614. The Labute approximate surface area is 109 Å². The lowest BCUT2D eigenvalue weighted by Gasteiger charge is -2.26. The molecule has 1 amide bonds. The SMILES string of the molecule is CC1(C(=O)NCCCCC(=O)O)CCCCCC1. The molecule has 0 aromatic carbocycles. The molecule has 4 heteroatoms. The third-order valence-electron chi connectivity index (χ3n) is 3.86. The van der Waals surface area contributed by atoms with Gasteiger partial charge in [0.1, 0.15) is 0 Å². The van der Waals surface area contributed by atoms with Crippen molar-refractivity contribution in [1.29, 1.82) is 0 Å². The van der Waals surface area contributed by atoms with Gasteiger partial charge < -0.3 is 10.4 Å². The molecule has 0 aromatic heterocycles. The molecule has 1 rings (SSSR count). The highest BCUT2D eigenvalue weighted by atomic mass is 16.4. The van der Waals surface area contributed by atoms with Gasteiger partial charge in [0.15, 0.2) is 0 Å². The molecule has 1 fully saturated rings. The van der Waals surface area contributed by atoms with Crippen LogP contribution in [0, 0.1) is 5.41 Å². The van der Waals surface area contributed by atoms with Crippen molar-refractivity contribution in [3.8, 4) is 0 Å².